The molecule has 0 saturated carbocycles. The van der Waals surface area contributed by atoms with E-state index in [0.29, 0.717) is 5.56 Å². The Balaban J connectivity index is 2.04. The number of sulfonamides is 1. The second kappa shape index (κ2) is 10.7. The van der Waals surface area contributed by atoms with Gasteiger partial charge in [0.15, 0.2) is 0 Å². The van der Waals surface area contributed by atoms with Gasteiger partial charge in [-0.3, -0.25) is 9.59 Å². The van der Waals surface area contributed by atoms with Crippen molar-refractivity contribution in [3.05, 3.63) is 65.2 Å². The number of aryl methyl sites for hydroxylation is 1. The molecule has 7 nitrogen and oxygen atoms in total. The maximum atomic E-state index is 12.8. The van der Waals surface area contributed by atoms with Gasteiger partial charge in [0.1, 0.15) is 6.04 Å². The second-order valence-electron chi connectivity index (χ2n) is 8.49. The molecule has 2 N–H and O–H groups in total. The minimum atomic E-state index is -3.56. The topological polar surface area (TPSA) is 95.6 Å². The number of nitrogens with zero attached hydrogens (tertiary/aromatic N) is 1. The fourth-order valence-corrected chi connectivity index (χ4v) is 4.47. The predicted molar refractivity (Wildman–Crippen MR) is 126 cm³/mol. The van der Waals surface area contributed by atoms with E-state index in [2.05, 4.69) is 10.6 Å². The zero-order valence-corrected chi connectivity index (χ0v) is 20.4. The van der Waals surface area contributed by atoms with Crippen LogP contribution in [0.4, 0.5) is 0 Å². The van der Waals surface area contributed by atoms with Crippen molar-refractivity contribution in [1.82, 2.24) is 14.9 Å². The molecular formula is C24H33N3O4S. The Hall–Kier alpha value is -2.71. The van der Waals surface area contributed by atoms with E-state index in [-0.39, 0.29) is 35.2 Å². The number of nitrogens with one attached hydrogen (secondary N) is 2. The van der Waals surface area contributed by atoms with Gasteiger partial charge in [0.25, 0.3) is 5.91 Å². The molecule has 174 valence electrons. The first-order valence-corrected chi connectivity index (χ1v) is 12.1. The highest BCUT2D eigenvalue weighted by Crippen LogP contribution is 2.17. The van der Waals surface area contributed by atoms with E-state index in [0.717, 1.165) is 11.1 Å². The van der Waals surface area contributed by atoms with Crippen LogP contribution in [0.25, 0.3) is 0 Å². The molecule has 2 aromatic carbocycles. The lowest BCUT2D eigenvalue weighted by molar-refractivity contribution is -0.124. The van der Waals surface area contributed by atoms with Crippen molar-refractivity contribution in [2.75, 3.05) is 7.05 Å². The smallest absolute Gasteiger partial charge is 0.252 e. The Labute approximate surface area is 191 Å². The molecule has 0 heterocycles. The molecule has 0 radical (unpaired) electrons. The Morgan fingerprint density at radius 2 is 1.56 bits per heavy atom. The van der Waals surface area contributed by atoms with Crippen LogP contribution in [0.1, 0.15) is 49.2 Å². The van der Waals surface area contributed by atoms with Crippen molar-refractivity contribution in [2.24, 2.45) is 5.92 Å². The highest BCUT2D eigenvalue weighted by Gasteiger charge is 2.25. The third-order valence-corrected chi connectivity index (χ3v) is 7.47. The molecule has 0 saturated heterocycles. The average Bonchev–Trinajstić information content (AvgIpc) is 2.75. The molecule has 0 fully saturated rings. The van der Waals surface area contributed by atoms with Crippen LogP contribution in [0.15, 0.2) is 53.4 Å². The Morgan fingerprint density at radius 1 is 0.969 bits per heavy atom. The van der Waals surface area contributed by atoms with Crippen LogP contribution >= 0.6 is 0 Å². The van der Waals surface area contributed by atoms with Crippen LogP contribution in [0, 0.1) is 12.8 Å². The van der Waals surface area contributed by atoms with Gasteiger partial charge in [0.05, 0.1) is 4.90 Å². The van der Waals surface area contributed by atoms with Crippen LogP contribution in [-0.4, -0.2) is 43.7 Å². The molecule has 2 aromatic rings. The standard InChI is InChI=1S/C24H33N3O4S/c1-16(2)22(26-23(28)21-10-8-7-9-18(21)5)24(29)25-15-19-11-13-20(14-12-19)32(30,31)27(6)17(3)4/h7-14,16-17,22H,15H2,1-6H3,(H,25,29)(H,26,28). The molecule has 2 rings (SSSR count). The van der Waals surface area contributed by atoms with E-state index in [4.69, 9.17) is 0 Å². The highest BCUT2D eigenvalue weighted by atomic mass is 32.2. The molecule has 2 amide bonds. The number of carbonyl (C=O) groups excluding carboxylic acids is 2. The molecule has 1 unspecified atom stereocenters. The van der Waals surface area contributed by atoms with Gasteiger partial charge in [0, 0.05) is 25.2 Å². The Bertz CT molecular complexity index is 1050. The molecule has 0 aliphatic heterocycles. The second-order valence-corrected chi connectivity index (χ2v) is 10.5. The quantitative estimate of drug-likeness (QED) is 0.602. The van der Waals surface area contributed by atoms with Crippen molar-refractivity contribution >= 4 is 21.8 Å². The predicted octanol–water partition coefficient (Wildman–Crippen LogP) is 3.09. The number of hydrogen-bond donors (Lipinski definition) is 2. The molecule has 0 bridgehead atoms. The summed E-state index contributed by atoms with van der Waals surface area (Å²) in [5, 5.41) is 5.66. The van der Waals surface area contributed by atoms with Crippen LogP contribution in [-0.2, 0) is 21.4 Å². The number of benzene rings is 2. The third kappa shape index (κ3) is 6.17. The lowest BCUT2D eigenvalue weighted by Crippen LogP contribution is -2.49. The summed E-state index contributed by atoms with van der Waals surface area (Å²) in [6.45, 7) is 9.43. The third-order valence-electron chi connectivity index (χ3n) is 5.42. The maximum Gasteiger partial charge on any atom is 0.252 e. The number of rotatable bonds is 9. The van der Waals surface area contributed by atoms with E-state index >= 15 is 0 Å². The molecule has 32 heavy (non-hydrogen) atoms. The van der Waals surface area contributed by atoms with Gasteiger partial charge in [-0.05, 0) is 56.0 Å². The van der Waals surface area contributed by atoms with E-state index in [1.165, 1.54) is 16.4 Å². The molecular weight excluding hydrogens is 426 g/mol. The van der Waals surface area contributed by atoms with Gasteiger partial charge in [-0.2, -0.15) is 4.31 Å². The first-order valence-electron chi connectivity index (χ1n) is 10.7. The summed E-state index contributed by atoms with van der Waals surface area (Å²) in [6.07, 6.45) is 0. The van der Waals surface area contributed by atoms with E-state index in [9.17, 15) is 18.0 Å². The number of hydrogen-bond acceptors (Lipinski definition) is 4. The normalized spacial score (nSPS) is 12.8. The van der Waals surface area contributed by atoms with Gasteiger partial charge in [-0.1, -0.05) is 44.2 Å². The Kier molecular flexibility index (Phi) is 8.58. The zero-order valence-electron chi connectivity index (χ0n) is 19.5. The lowest BCUT2D eigenvalue weighted by Gasteiger charge is -2.22. The van der Waals surface area contributed by atoms with Crippen molar-refractivity contribution in [3.63, 3.8) is 0 Å². The van der Waals surface area contributed by atoms with Gasteiger partial charge in [-0.15, -0.1) is 0 Å². The molecule has 1 atom stereocenters. The Morgan fingerprint density at radius 3 is 2.09 bits per heavy atom. The summed E-state index contributed by atoms with van der Waals surface area (Å²) < 4.78 is 26.5. The van der Waals surface area contributed by atoms with Crippen LogP contribution in [0.2, 0.25) is 0 Å². The lowest BCUT2D eigenvalue weighted by atomic mass is 10.0. The largest absolute Gasteiger partial charge is 0.350 e. The van der Waals surface area contributed by atoms with Crippen LogP contribution in [0.5, 0.6) is 0 Å². The molecule has 0 aliphatic rings. The summed E-state index contributed by atoms with van der Waals surface area (Å²) in [6, 6.07) is 12.8. The minimum Gasteiger partial charge on any atom is -0.350 e. The van der Waals surface area contributed by atoms with Gasteiger partial charge >= 0.3 is 0 Å². The summed E-state index contributed by atoms with van der Waals surface area (Å²) in [5.41, 5.74) is 2.14. The van der Waals surface area contributed by atoms with E-state index in [1.54, 1.807) is 31.3 Å². The molecule has 0 aromatic heterocycles. The van der Waals surface area contributed by atoms with Gasteiger partial charge in [-0.25, -0.2) is 8.42 Å². The highest BCUT2D eigenvalue weighted by molar-refractivity contribution is 7.89. The maximum absolute atomic E-state index is 12.8. The fourth-order valence-electron chi connectivity index (χ4n) is 3.10. The van der Waals surface area contributed by atoms with Crippen molar-refractivity contribution in [1.29, 1.82) is 0 Å². The number of carbonyl (C=O) groups is 2. The first-order chi connectivity index (χ1) is 14.9. The van der Waals surface area contributed by atoms with Crippen molar-refractivity contribution in [3.8, 4) is 0 Å². The first kappa shape index (κ1) is 25.5. The van der Waals surface area contributed by atoms with Crippen LogP contribution in [0.3, 0.4) is 0 Å². The van der Waals surface area contributed by atoms with Crippen molar-refractivity contribution < 1.29 is 18.0 Å². The summed E-state index contributed by atoms with van der Waals surface area (Å²) in [7, 11) is -2.01. The minimum absolute atomic E-state index is 0.109. The van der Waals surface area contributed by atoms with Crippen molar-refractivity contribution in [2.45, 2.75) is 58.1 Å². The molecule has 0 aliphatic carbocycles. The molecule has 0 spiro atoms. The summed E-state index contributed by atoms with van der Waals surface area (Å²) in [4.78, 5) is 25.6. The van der Waals surface area contributed by atoms with Gasteiger partial charge < -0.3 is 10.6 Å². The van der Waals surface area contributed by atoms with E-state index in [1.807, 2.05) is 46.8 Å². The average molecular weight is 460 g/mol. The molecule has 8 heteroatoms. The van der Waals surface area contributed by atoms with Gasteiger partial charge in [0.2, 0.25) is 15.9 Å². The SMILES string of the molecule is Cc1ccccc1C(=O)NC(C(=O)NCc1ccc(S(=O)(=O)N(C)C(C)C)cc1)C(C)C. The van der Waals surface area contributed by atoms with E-state index < -0.39 is 16.1 Å². The fraction of sp³-hybridized carbons (Fsp3) is 0.417. The summed E-state index contributed by atoms with van der Waals surface area (Å²) in [5.74, 6) is -0.694. The summed E-state index contributed by atoms with van der Waals surface area (Å²) >= 11 is 0. The zero-order chi connectivity index (χ0) is 24.1. The van der Waals surface area contributed by atoms with Crippen LogP contribution < -0.4 is 10.6 Å². The number of amides is 2. The monoisotopic (exact) mass is 459 g/mol.